The zero-order chi connectivity index (χ0) is 12.2. The number of allylic oxidation sites excluding steroid dienone is 2. The zero-order valence-electron chi connectivity index (χ0n) is 9.46. The summed E-state index contributed by atoms with van der Waals surface area (Å²) in [6, 6.07) is 0. The van der Waals surface area contributed by atoms with Gasteiger partial charge in [0.25, 0.3) is 0 Å². The number of esters is 1. The van der Waals surface area contributed by atoms with Crippen LogP contribution in [0.1, 0.15) is 6.42 Å². The summed E-state index contributed by atoms with van der Waals surface area (Å²) in [7, 11) is 1.25. The van der Waals surface area contributed by atoms with Crippen LogP contribution in [0.15, 0.2) is 12.2 Å². The number of amides is 2. The highest BCUT2D eigenvalue weighted by atomic mass is 16.5. The Bertz CT molecular complexity index is 412. The second-order valence-electron chi connectivity index (χ2n) is 4.84. The number of nitrogens with zero attached hydrogens (tertiary/aromatic N) is 1. The molecule has 0 aromatic carbocycles. The van der Waals surface area contributed by atoms with Crippen LogP contribution in [0.2, 0.25) is 0 Å². The van der Waals surface area contributed by atoms with E-state index < -0.39 is 5.97 Å². The lowest BCUT2D eigenvalue weighted by atomic mass is 9.85. The summed E-state index contributed by atoms with van der Waals surface area (Å²) >= 11 is 0. The summed E-state index contributed by atoms with van der Waals surface area (Å²) in [6.07, 6.45) is 4.95. The molecule has 2 fully saturated rings. The van der Waals surface area contributed by atoms with Gasteiger partial charge in [-0.15, -0.1) is 0 Å². The summed E-state index contributed by atoms with van der Waals surface area (Å²) in [4.78, 5) is 36.4. The lowest BCUT2D eigenvalue weighted by Crippen LogP contribution is -2.37. The van der Waals surface area contributed by atoms with Gasteiger partial charge >= 0.3 is 5.97 Å². The Morgan fingerprint density at radius 2 is 1.82 bits per heavy atom. The molecule has 1 aliphatic heterocycles. The number of likely N-dealkylation sites (tertiary alicyclic amines) is 1. The minimum absolute atomic E-state index is 0.184. The van der Waals surface area contributed by atoms with E-state index in [1.54, 1.807) is 0 Å². The number of ether oxygens (including phenoxy) is 1. The van der Waals surface area contributed by atoms with E-state index in [-0.39, 0.29) is 42.0 Å². The van der Waals surface area contributed by atoms with Crippen LogP contribution in [0.4, 0.5) is 0 Å². The Morgan fingerprint density at radius 1 is 1.29 bits per heavy atom. The first kappa shape index (κ1) is 10.5. The first-order chi connectivity index (χ1) is 8.13. The van der Waals surface area contributed by atoms with Crippen LogP contribution in [-0.2, 0) is 19.1 Å². The van der Waals surface area contributed by atoms with Crippen LogP contribution in [0, 0.1) is 23.7 Å². The molecule has 3 aliphatic rings. The van der Waals surface area contributed by atoms with E-state index in [1.807, 2.05) is 12.2 Å². The summed E-state index contributed by atoms with van der Waals surface area (Å²) in [5.74, 6) is -1.06. The zero-order valence-corrected chi connectivity index (χ0v) is 9.46. The average Bonchev–Trinajstić information content (AvgIpc) is 2.98. The van der Waals surface area contributed by atoms with Gasteiger partial charge in [0.1, 0.15) is 6.54 Å². The molecular formula is C12H13NO4. The molecule has 0 N–H and O–H groups in total. The number of fused-ring (bicyclic) bond motifs is 5. The summed E-state index contributed by atoms with van der Waals surface area (Å²) in [5, 5.41) is 0. The van der Waals surface area contributed by atoms with Crippen molar-refractivity contribution in [1.82, 2.24) is 4.90 Å². The van der Waals surface area contributed by atoms with Crippen molar-refractivity contribution in [3.8, 4) is 0 Å². The van der Waals surface area contributed by atoms with Crippen LogP contribution in [0.5, 0.6) is 0 Å². The van der Waals surface area contributed by atoms with Crippen LogP contribution >= 0.6 is 0 Å². The van der Waals surface area contributed by atoms with E-state index >= 15 is 0 Å². The van der Waals surface area contributed by atoms with Crippen molar-refractivity contribution in [2.24, 2.45) is 23.7 Å². The number of rotatable bonds is 2. The van der Waals surface area contributed by atoms with Gasteiger partial charge in [-0.2, -0.15) is 0 Å². The molecule has 5 nitrogen and oxygen atoms in total. The quantitative estimate of drug-likeness (QED) is 0.383. The van der Waals surface area contributed by atoms with Crippen LogP contribution in [0.3, 0.4) is 0 Å². The molecule has 0 aromatic rings. The third-order valence-corrected chi connectivity index (χ3v) is 4.08. The van der Waals surface area contributed by atoms with Crippen molar-refractivity contribution in [3.05, 3.63) is 12.2 Å². The summed E-state index contributed by atoms with van der Waals surface area (Å²) in [6.45, 7) is -0.249. The predicted molar refractivity (Wildman–Crippen MR) is 56.5 cm³/mol. The maximum Gasteiger partial charge on any atom is 0.325 e. The first-order valence-corrected chi connectivity index (χ1v) is 5.74. The summed E-state index contributed by atoms with van der Waals surface area (Å²) < 4.78 is 4.50. The molecule has 2 aliphatic carbocycles. The van der Waals surface area contributed by atoms with Gasteiger partial charge in [-0.1, -0.05) is 12.2 Å². The highest BCUT2D eigenvalue weighted by Gasteiger charge is 2.59. The number of carbonyl (C=O) groups excluding carboxylic acids is 3. The number of methoxy groups -OCH3 is 1. The van der Waals surface area contributed by atoms with Crippen LogP contribution in [0.25, 0.3) is 0 Å². The molecule has 2 bridgehead atoms. The highest BCUT2D eigenvalue weighted by Crippen LogP contribution is 2.52. The van der Waals surface area contributed by atoms with Gasteiger partial charge in [0.2, 0.25) is 11.8 Å². The van der Waals surface area contributed by atoms with Gasteiger partial charge < -0.3 is 4.74 Å². The molecule has 3 rings (SSSR count). The molecule has 90 valence electrons. The fourth-order valence-corrected chi connectivity index (χ4v) is 3.31. The molecule has 0 spiro atoms. The normalized spacial score (nSPS) is 37.8. The Balaban J connectivity index is 1.85. The van der Waals surface area contributed by atoms with E-state index in [1.165, 1.54) is 7.11 Å². The van der Waals surface area contributed by atoms with Crippen molar-refractivity contribution >= 4 is 17.8 Å². The minimum Gasteiger partial charge on any atom is -0.468 e. The molecule has 0 unspecified atom stereocenters. The maximum atomic E-state index is 12.1. The van der Waals surface area contributed by atoms with Gasteiger partial charge in [-0.25, -0.2) is 0 Å². The smallest absolute Gasteiger partial charge is 0.325 e. The van der Waals surface area contributed by atoms with Crippen molar-refractivity contribution in [1.29, 1.82) is 0 Å². The third-order valence-electron chi connectivity index (χ3n) is 4.08. The van der Waals surface area contributed by atoms with Crippen LogP contribution in [-0.4, -0.2) is 36.3 Å². The molecule has 1 heterocycles. The van der Waals surface area contributed by atoms with E-state index in [0.717, 1.165) is 11.3 Å². The molecule has 4 atom stereocenters. The van der Waals surface area contributed by atoms with Gasteiger partial charge in [0.15, 0.2) is 0 Å². The standard InChI is InChI=1S/C12H13NO4/c1-17-8(14)5-13-11(15)9-6-2-3-7(4-6)10(9)12(13)16/h2-3,6-7,9-10H,4-5H2,1H3/t6-,7-,9-,10-/m0/s1. The van der Waals surface area contributed by atoms with E-state index in [9.17, 15) is 14.4 Å². The van der Waals surface area contributed by atoms with Crippen molar-refractivity contribution in [2.45, 2.75) is 6.42 Å². The van der Waals surface area contributed by atoms with E-state index in [4.69, 9.17) is 0 Å². The van der Waals surface area contributed by atoms with Gasteiger partial charge in [0, 0.05) is 0 Å². The van der Waals surface area contributed by atoms with Crippen molar-refractivity contribution in [3.63, 3.8) is 0 Å². The Kier molecular flexibility index (Phi) is 2.11. The fraction of sp³-hybridized carbons (Fsp3) is 0.583. The topological polar surface area (TPSA) is 63.7 Å². The molecule has 1 saturated carbocycles. The Morgan fingerprint density at radius 3 is 2.29 bits per heavy atom. The molecule has 1 saturated heterocycles. The SMILES string of the molecule is COC(=O)CN1C(=O)[C@@H]2[C@@H](C1=O)[C@H]1C=C[C@H]2C1. The van der Waals surface area contributed by atoms with Gasteiger partial charge in [-0.05, 0) is 18.3 Å². The third kappa shape index (κ3) is 1.28. The fourth-order valence-electron chi connectivity index (χ4n) is 3.31. The van der Waals surface area contributed by atoms with Crippen LogP contribution < -0.4 is 0 Å². The first-order valence-electron chi connectivity index (χ1n) is 5.74. The van der Waals surface area contributed by atoms with E-state index in [0.29, 0.717) is 0 Å². The molecule has 17 heavy (non-hydrogen) atoms. The molecule has 0 radical (unpaired) electrons. The monoisotopic (exact) mass is 235 g/mol. The van der Waals surface area contributed by atoms with Crippen molar-refractivity contribution < 1.29 is 19.1 Å². The second kappa shape index (κ2) is 3.42. The van der Waals surface area contributed by atoms with Gasteiger partial charge in [0.05, 0.1) is 18.9 Å². The number of hydrogen-bond donors (Lipinski definition) is 0. The Labute approximate surface area is 98.4 Å². The molecule has 5 heteroatoms. The molecule has 0 aromatic heterocycles. The summed E-state index contributed by atoms with van der Waals surface area (Å²) in [5.41, 5.74) is 0. The predicted octanol–water partition coefficient (Wildman–Crippen LogP) is -0.0335. The highest BCUT2D eigenvalue weighted by molar-refractivity contribution is 6.08. The Hall–Kier alpha value is -1.65. The minimum atomic E-state index is -0.549. The molecule has 2 amide bonds. The maximum absolute atomic E-state index is 12.1. The largest absolute Gasteiger partial charge is 0.468 e. The van der Waals surface area contributed by atoms with E-state index in [2.05, 4.69) is 4.74 Å². The number of carbonyl (C=O) groups is 3. The number of hydrogen-bond acceptors (Lipinski definition) is 4. The average molecular weight is 235 g/mol. The number of imide groups is 1. The molecular weight excluding hydrogens is 222 g/mol. The second-order valence-corrected chi connectivity index (χ2v) is 4.84. The lowest BCUT2D eigenvalue weighted by molar-refractivity contribution is -0.151. The lowest BCUT2D eigenvalue weighted by Gasteiger charge is -2.15. The van der Waals surface area contributed by atoms with Crippen molar-refractivity contribution in [2.75, 3.05) is 13.7 Å². The van der Waals surface area contributed by atoms with Gasteiger partial charge in [-0.3, -0.25) is 19.3 Å².